The van der Waals surface area contributed by atoms with Crippen LogP contribution in [0.4, 0.5) is 0 Å². The average molecular weight is 355 g/mol. The van der Waals surface area contributed by atoms with Crippen molar-refractivity contribution in [2.24, 2.45) is 0 Å². The third-order valence-corrected chi connectivity index (χ3v) is 5.18. The fourth-order valence-corrected chi connectivity index (χ4v) is 3.72. The number of rotatable bonds is 4. The number of thiophene rings is 1. The zero-order chi connectivity index (χ0) is 17.2. The van der Waals surface area contributed by atoms with E-state index in [-0.39, 0.29) is 11.9 Å². The maximum atomic E-state index is 12.7. The van der Waals surface area contributed by atoms with Gasteiger partial charge in [0.15, 0.2) is 0 Å². The van der Waals surface area contributed by atoms with Crippen molar-refractivity contribution in [3.05, 3.63) is 52.5 Å². The van der Waals surface area contributed by atoms with Gasteiger partial charge >= 0.3 is 0 Å². The minimum atomic E-state index is -0.158. The lowest BCUT2D eigenvalue weighted by Gasteiger charge is -2.20. The number of amides is 1. The molecular formula is C18H17N3O3S. The number of hydrogen-bond donors (Lipinski definition) is 0. The normalized spacial score (nSPS) is 17.0. The van der Waals surface area contributed by atoms with Crippen molar-refractivity contribution in [3.8, 4) is 17.1 Å². The average Bonchev–Trinajstić information content (AvgIpc) is 3.42. The van der Waals surface area contributed by atoms with Crippen LogP contribution in [0, 0.1) is 0 Å². The fourth-order valence-electron chi connectivity index (χ4n) is 3.04. The summed E-state index contributed by atoms with van der Waals surface area (Å²) in [5.41, 5.74) is 0.852. The summed E-state index contributed by atoms with van der Waals surface area (Å²) < 4.78 is 10.6. The molecule has 3 heterocycles. The Labute approximate surface area is 149 Å². The second-order valence-electron chi connectivity index (χ2n) is 5.82. The minimum Gasteiger partial charge on any atom is -0.497 e. The van der Waals surface area contributed by atoms with Crippen LogP contribution in [-0.4, -0.2) is 34.6 Å². The van der Waals surface area contributed by atoms with E-state index in [4.69, 9.17) is 9.26 Å². The Kier molecular flexibility index (Phi) is 4.23. The summed E-state index contributed by atoms with van der Waals surface area (Å²) in [4.78, 5) is 19.8. The Morgan fingerprint density at radius 2 is 2.16 bits per heavy atom. The molecule has 0 spiro atoms. The van der Waals surface area contributed by atoms with Gasteiger partial charge < -0.3 is 14.2 Å². The van der Waals surface area contributed by atoms with Gasteiger partial charge in [-0.2, -0.15) is 4.98 Å². The molecule has 4 rings (SSSR count). The topological polar surface area (TPSA) is 68.5 Å². The molecule has 0 saturated carbocycles. The fraction of sp³-hybridized carbons (Fsp3) is 0.278. The van der Waals surface area contributed by atoms with Gasteiger partial charge in [0.1, 0.15) is 11.8 Å². The number of methoxy groups -OCH3 is 1. The molecule has 0 radical (unpaired) electrons. The molecule has 1 aliphatic rings. The molecule has 7 heteroatoms. The van der Waals surface area contributed by atoms with Crippen LogP contribution in [-0.2, 0) is 0 Å². The summed E-state index contributed by atoms with van der Waals surface area (Å²) >= 11 is 1.45. The number of hydrogen-bond acceptors (Lipinski definition) is 6. The van der Waals surface area contributed by atoms with E-state index < -0.39 is 0 Å². The van der Waals surface area contributed by atoms with E-state index in [1.165, 1.54) is 11.3 Å². The van der Waals surface area contributed by atoms with Crippen molar-refractivity contribution in [3.63, 3.8) is 0 Å². The van der Waals surface area contributed by atoms with Crippen LogP contribution >= 0.6 is 11.3 Å². The van der Waals surface area contributed by atoms with Gasteiger partial charge in [-0.15, -0.1) is 11.3 Å². The third kappa shape index (κ3) is 3.02. The molecule has 1 aliphatic heterocycles. The molecule has 128 valence electrons. The Morgan fingerprint density at radius 1 is 1.32 bits per heavy atom. The van der Waals surface area contributed by atoms with Crippen LogP contribution in [0.25, 0.3) is 11.4 Å². The molecule has 1 atom stereocenters. The van der Waals surface area contributed by atoms with Gasteiger partial charge in [-0.1, -0.05) is 11.2 Å². The van der Waals surface area contributed by atoms with Crippen LogP contribution in [0.5, 0.6) is 5.75 Å². The Balaban J connectivity index is 1.57. The molecule has 1 aromatic carbocycles. The zero-order valence-electron chi connectivity index (χ0n) is 13.7. The maximum Gasteiger partial charge on any atom is 0.264 e. The van der Waals surface area contributed by atoms with E-state index in [0.717, 1.165) is 29.0 Å². The van der Waals surface area contributed by atoms with Crippen molar-refractivity contribution >= 4 is 17.2 Å². The number of benzene rings is 1. The molecule has 3 aromatic rings. The van der Waals surface area contributed by atoms with Crippen LogP contribution in [0.15, 0.2) is 46.3 Å². The number of carbonyl (C=O) groups excluding carboxylic acids is 1. The van der Waals surface area contributed by atoms with Gasteiger partial charge in [0.25, 0.3) is 5.91 Å². The lowest BCUT2D eigenvalue weighted by molar-refractivity contribution is 0.0715. The quantitative estimate of drug-likeness (QED) is 0.712. The minimum absolute atomic E-state index is 0.0293. The van der Waals surface area contributed by atoms with Gasteiger partial charge in [-0.3, -0.25) is 4.79 Å². The first-order valence-corrected chi connectivity index (χ1v) is 8.97. The van der Waals surface area contributed by atoms with E-state index in [1.54, 1.807) is 7.11 Å². The van der Waals surface area contributed by atoms with Crippen LogP contribution in [0.3, 0.4) is 0 Å². The number of likely N-dealkylation sites (tertiary alicyclic amines) is 1. The smallest absolute Gasteiger partial charge is 0.264 e. The summed E-state index contributed by atoms with van der Waals surface area (Å²) in [6.45, 7) is 0.710. The molecule has 0 bridgehead atoms. The van der Waals surface area contributed by atoms with Crippen molar-refractivity contribution in [2.45, 2.75) is 18.9 Å². The highest BCUT2D eigenvalue weighted by atomic mass is 32.1. The van der Waals surface area contributed by atoms with E-state index in [2.05, 4.69) is 10.1 Å². The maximum absolute atomic E-state index is 12.7. The highest BCUT2D eigenvalue weighted by Gasteiger charge is 2.34. The molecule has 25 heavy (non-hydrogen) atoms. The summed E-state index contributed by atoms with van der Waals surface area (Å²) in [6.07, 6.45) is 1.77. The van der Waals surface area contributed by atoms with Gasteiger partial charge in [0.2, 0.25) is 11.7 Å². The van der Waals surface area contributed by atoms with Crippen LogP contribution < -0.4 is 4.74 Å². The van der Waals surface area contributed by atoms with Crippen molar-refractivity contribution < 1.29 is 14.1 Å². The lowest BCUT2D eigenvalue weighted by atomic mass is 10.2. The van der Waals surface area contributed by atoms with Gasteiger partial charge in [-0.05, 0) is 48.6 Å². The molecule has 1 saturated heterocycles. The van der Waals surface area contributed by atoms with E-state index in [0.29, 0.717) is 18.3 Å². The van der Waals surface area contributed by atoms with Crippen LogP contribution in [0.1, 0.15) is 34.4 Å². The molecular weight excluding hydrogens is 338 g/mol. The molecule has 6 nitrogen and oxygen atoms in total. The monoisotopic (exact) mass is 355 g/mol. The molecule has 1 amide bonds. The van der Waals surface area contributed by atoms with E-state index in [1.807, 2.05) is 46.7 Å². The molecule has 0 aliphatic carbocycles. The predicted molar refractivity (Wildman–Crippen MR) is 93.6 cm³/mol. The van der Waals surface area contributed by atoms with Crippen molar-refractivity contribution in [1.82, 2.24) is 15.0 Å². The zero-order valence-corrected chi connectivity index (χ0v) is 14.5. The standard InChI is InChI=1S/C18H17N3O3S/c1-23-13-8-6-12(7-9-13)16-19-17(24-20-16)14-4-2-10-21(14)18(22)15-5-3-11-25-15/h3,5-9,11,14H,2,4,10H2,1H3. The molecule has 2 aromatic heterocycles. The Bertz CT molecular complexity index is 858. The summed E-state index contributed by atoms with van der Waals surface area (Å²) in [5, 5.41) is 5.99. The molecule has 1 unspecified atom stereocenters. The van der Waals surface area contributed by atoms with E-state index >= 15 is 0 Å². The summed E-state index contributed by atoms with van der Waals surface area (Å²) in [5.74, 6) is 1.82. The van der Waals surface area contributed by atoms with Crippen molar-refractivity contribution in [2.75, 3.05) is 13.7 Å². The second kappa shape index (κ2) is 6.68. The number of carbonyl (C=O) groups is 1. The SMILES string of the molecule is COc1ccc(-c2noc(C3CCCN3C(=O)c3cccs3)n2)cc1. The number of aromatic nitrogens is 2. The first-order valence-electron chi connectivity index (χ1n) is 8.09. The van der Waals surface area contributed by atoms with Gasteiger partial charge in [0, 0.05) is 12.1 Å². The summed E-state index contributed by atoms with van der Waals surface area (Å²) in [6, 6.07) is 11.1. The largest absolute Gasteiger partial charge is 0.497 e. The predicted octanol–water partition coefficient (Wildman–Crippen LogP) is 3.78. The lowest BCUT2D eigenvalue weighted by Crippen LogP contribution is -2.30. The first-order chi connectivity index (χ1) is 12.3. The van der Waals surface area contributed by atoms with E-state index in [9.17, 15) is 4.79 Å². The Hall–Kier alpha value is -2.67. The molecule has 1 fully saturated rings. The Morgan fingerprint density at radius 3 is 2.88 bits per heavy atom. The molecule has 0 N–H and O–H groups in total. The van der Waals surface area contributed by atoms with Crippen molar-refractivity contribution in [1.29, 1.82) is 0 Å². The van der Waals surface area contributed by atoms with Crippen LogP contribution in [0.2, 0.25) is 0 Å². The van der Waals surface area contributed by atoms with Gasteiger partial charge in [-0.25, -0.2) is 0 Å². The highest BCUT2D eigenvalue weighted by molar-refractivity contribution is 7.12. The van der Waals surface area contributed by atoms with Gasteiger partial charge in [0.05, 0.1) is 12.0 Å². The number of ether oxygens (including phenoxy) is 1. The first kappa shape index (κ1) is 15.8. The highest BCUT2D eigenvalue weighted by Crippen LogP contribution is 2.34. The third-order valence-electron chi connectivity index (χ3n) is 4.32. The second-order valence-corrected chi connectivity index (χ2v) is 6.77. The number of nitrogens with zero attached hydrogens (tertiary/aromatic N) is 3. The summed E-state index contributed by atoms with van der Waals surface area (Å²) in [7, 11) is 1.63.